The summed E-state index contributed by atoms with van der Waals surface area (Å²) in [5.41, 5.74) is 1.61. The number of nitrogens with zero attached hydrogens (tertiary/aromatic N) is 4. The van der Waals surface area contributed by atoms with Crippen LogP contribution in [0.4, 0.5) is 0 Å². The Hall–Kier alpha value is -6.84. The second-order valence-corrected chi connectivity index (χ2v) is 32.0. The number of carbonyl (C=O) groups excluding carboxylic acids is 4. The van der Waals surface area contributed by atoms with Crippen molar-refractivity contribution in [1.82, 2.24) is 19.6 Å². The lowest BCUT2D eigenvalue weighted by Crippen LogP contribution is -2.50. The molecule has 4 atom stereocenters. The molecule has 1 aliphatic rings. The van der Waals surface area contributed by atoms with Gasteiger partial charge >= 0.3 is 0 Å². The average Bonchev–Trinajstić information content (AvgIpc) is 0.819. The Morgan fingerprint density at radius 1 is 0.241 bits per heavy atom. The molecule has 632 valence electrons. The van der Waals surface area contributed by atoms with Crippen LogP contribution in [0.2, 0.25) is 0 Å². The molecular formula is C96H156N4O12. The van der Waals surface area contributed by atoms with Crippen LogP contribution in [0.3, 0.4) is 0 Å². The van der Waals surface area contributed by atoms with Gasteiger partial charge in [-0.2, -0.15) is 0 Å². The highest BCUT2D eigenvalue weighted by molar-refractivity contribution is 5.98. The average molecular weight is 1560 g/mol. The Morgan fingerprint density at radius 2 is 0.411 bits per heavy atom. The first kappa shape index (κ1) is 95.7. The van der Waals surface area contributed by atoms with Crippen molar-refractivity contribution in [2.75, 3.05) is 78.8 Å². The van der Waals surface area contributed by atoms with Crippen molar-refractivity contribution in [2.45, 2.75) is 364 Å². The molecule has 4 aromatic carbocycles. The van der Waals surface area contributed by atoms with E-state index in [1.165, 1.54) is 25.7 Å². The highest BCUT2D eigenvalue weighted by Crippen LogP contribution is 2.36. The molecule has 1 heterocycles. The molecule has 4 amide bonds. The third kappa shape index (κ3) is 37.6. The van der Waals surface area contributed by atoms with Crippen molar-refractivity contribution in [1.29, 1.82) is 0 Å². The Bertz CT molecular complexity index is 2750. The molecule has 0 unspecified atom stereocenters. The van der Waals surface area contributed by atoms with Crippen LogP contribution in [0.1, 0.15) is 381 Å². The molecular weight excluding hydrogens is 1400 g/mol. The van der Waals surface area contributed by atoms with Gasteiger partial charge in [0.25, 0.3) is 23.6 Å². The Kier molecular flexibility index (Phi) is 50.4. The summed E-state index contributed by atoms with van der Waals surface area (Å²) in [6.07, 6.45) is 42.4. The Balaban J connectivity index is 1.70. The molecule has 0 aromatic heterocycles. The predicted octanol–water partition coefficient (Wildman–Crippen LogP) is 24.9. The molecule has 5 rings (SSSR count). The zero-order valence-electron chi connectivity index (χ0n) is 72.7. The Morgan fingerprint density at radius 3 is 0.589 bits per heavy atom. The fraction of sp³-hybridized carbons (Fsp3) is 0.708. The number of ether oxygens (including phenoxy) is 8. The summed E-state index contributed by atoms with van der Waals surface area (Å²) in [4.78, 5) is 70.6. The van der Waals surface area contributed by atoms with Crippen LogP contribution in [0.15, 0.2) is 72.8 Å². The molecule has 0 radical (unpaired) electrons. The van der Waals surface area contributed by atoms with Gasteiger partial charge in [0.15, 0.2) is 46.0 Å². The smallest absolute Gasteiger partial charge is 0.254 e. The zero-order valence-corrected chi connectivity index (χ0v) is 72.7. The van der Waals surface area contributed by atoms with Gasteiger partial charge in [-0.15, -0.1) is 0 Å². The lowest BCUT2D eigenvalue weighted by atomic mass is 10.1. The van der Waals surface area contributed by atoms with Crippen LogP contribution in [-0.2, 0) is 0 Å². The molecule has 112 heavy (non-hydrogen) atoms. The van der Waals surface area contributed by atoms with Crippen molar-refractivity contribution < 1.29 is 57.1 Å². The monoisotopic (exact) mass is 1560 g/mol. The normalized spacial score (nSPS) is 14.0. The van der Waals surface area contributed by atoms with Crippen LogP contribution < -0.4 is 37.9 Å². The van der Waals surface area contributed by atoms with Gasteiger partial charge in [-0.25, -0.2) is 0 Å². The van der Waals surface area contributed by atoms with Gasteiger partial charge in [0, 0.05) is 74.6 Å². The molecule has 0 spiro atoms. The lowest BCUT2D eigenvalue weighted by molar-refractivity contribution is 0.0534. The summed E-state index contributed by atoms with van der Waals surface area (Å²) in [5.74, 6) is 3.31. The number of rotatable bonds is 60. The lowest BCUT2D eigenvalue weighted by Gasteiger charge is -2.35. The number of hydrogen-bond acceptors (Lipinski definition) is 12. The fourth-order valence-corrected chi connectivity index (χ4v) is 14.5. The molecule has 0 aliphatic carbocycles. The molecule has 16 heteroatoms. The van der Waals surface area contributed by atoms with E-state index < -0.39 is 0 Å². The van der Waals surface area contributed by atoms with Crippen LogP contribution in [-0.4, -0.2) is 146 Å². The fourth-order valence-electron chi connectivity index (χ4n) is 14.5. The minimum atomic E-state index is -0.281. The van der Waals surface area contributed by atoms with E-state index in [0.717, 1.165) is 231 Å². The molecule has 4 aromatic rings. The van der Waals surface area contributed by atoms with Gasteiger partial charge in [0.1, 0.15) is 0 Å². The summed E-state index contributed by atoms with van der Waals surface area (Å²) in [5, 5.41) is 0. The van der Waals surface area contributed by atoms with Crippen LogP contribution in [0.25, 0.3) is 0 Å². The van der Waals surface area contributed by atoms with E-state index in [0.29, 0.717) is 94.7 Å². The number of unbranched alkanes of at least 4 members (excludes halogenated alkanes) is 28. The van der Waals surface area contributed by atoms with Gasteiger partial charge in [-0.1, -0.05) is 235 Å². The molecule has 1 fully saturated rings. The van der Waals surface area contributed by atoms with Crippen LogP contribution in [0, 0.1) is 0 Å². The summed E-state index contributed by atoms with van der Waals surface area (Å²) < 4.78 is 53.2. The molecule has 1 saturated heterocycles. The van der Waals surface area contributed by atoms with Crippen molar-refractivity contribution in [3.63, 3.8) is 0 Å². The predicted molar refractivity (Wildman–Crippen MR) is 462 cm³/mol. The highest BCUT2D eigenvalue weighted by atomic mass is 16.5. The first-order chi connectivity index (χ1) is 54.6. The maximum Gasteiger partial charge on any atom is 0.254 e. The van der Waals surface area contributed by atoms with E-state index in [1.807, 2.05) is 72.8 Å². The summed E-state index contributed by atoms with van der Waals surface area (Å²) in [7, 11) is 0. The topological polar surface area (TPSA) is 155 Å². The molecule has 0 saturated carbocycles. The third-order valence-electron chi connectivity index (χ3n) is 21.7. The van der Waals surface area contributed by atoms with Crippen molar-refractivity contribution in [2.24, 2.45) is 0 Å². The van der Waals surface area contributed by atoms with E-state index in [9.17, 15) is 0 Å². The van der Waals surface area contributed by atoms with E-state index in [1.54, 1.807) is 19.6 Å². The quantitative estimate of drug-likeness (QED) is 0.0386. The van der Waals surface area contributed by atoms with Gasteiger partial charge < -0.3 is 57.5 Å². The summed E-state index contributed by atoms with van der Waals surface area (Å²) >= 11 is 0. The van der Waals surface area contributed by atoms with E-state index in [4.69, 9.17) is 37.9 Å². The van der Waals surface area contributed by atoms with Crippen molar-refractivity contribution in [3.05, 3.63) is 95.1 Å². The van der Waals surface area contributed by atoms with Gasteiger partial charge in [0.2, 0.25) is 0 Å². The van der Waals surface area contributed by atoms with Crippen LogP contribution in [0.5, 0.6) is 46.0 Å². The van der Waals surface area contributed by atoms with Crippen molar-refractivity contribution >= 4 is 23.6 Å². The minimum Gasteiger partial charge on any atom is -0.490 e. The molecule has 0 bridgehead atoms. The first-order valence-corrected chi connectivity index (χ1v) is 45.5. The number of hydrogen-bond donors (Lipinski definition) is 0. The highest BCUT2D eigenvalue weighted by Gasteiger charge is 2.30. The Labute approximate surface area is 680 Å². The van der Waals surface area contributed by atoms with Crippen molar-refractivity contribution in [3.8, 4) is 46.0 Å². The van der Waals surface area contributed by atoms with Gasteiger partial charge in [-0.05, 0) is 178 Å². The standard InChI is InChI=1S/C96H156N4O12/c1-13-21-29-37-45-69-105-85-57-53-81(73-89(85)109-77(9)49-41-33-25-17-5)93(101)97-61-63-98(94(102)82-54-58-86(106-70-46-38-30-22-14-2)90(74-82)110-78(10)50-42-34-26-18-6)65-67-100(96(104)84-56-60-88(108-72-48-40-32-24-16-4)92(76-84)112-80(12)52-44-36-28-20-8)68-66-99(64-62-97)95(103)83-55-59-87(107-71-47-39-31-23-15-3)91(75-83)111-79(11)51-43-35-27-19-7/h53-60,73-80H,13-52,61-72H2,1-12H3/t77-,78-,79-,80-/m0/s1. The van der Waals surface area contributed by atoms with E-state index in [2.05, 4.69) is 83.1 Å². The van der Waals surface area contributed by atoms with Gasteiger partial charge in [-0.3, -0.25) is 19.2 Å². The molecule has 0 N–H and O–H groups in total. The SMILES string of the molecule is CCCCCCCOc1ccc(C(=O)N2CCN(C(=O)c3ccc(OCCCCCCC)c(O[C@@H](C)CCCCCC)c3)CCN(C(=O)c3ccc(OCCCCCCC)c(O[C@@H](C)CCCCCC)c3)CCN(C(=O)c3ccc(OCCCCCCC)c(O[C@@H](C)CCCCCC)c3)CC2)cc1O[C@@H](C)CCCCCC. The third-order valence-corrected chi connectivity index (χ3v) is 21.7. The zero-order chi connectivity index (χ0) is 80.8. The first-order valence-electron chi connectivity index (χ1n) is 45.5. The largest absolute Gasteiger partial charge is 0.490 e. The maximum atomic E-state index is 15.9. The second-order valence-electron chi connectivity index (χ2n) is 32.0. The second kappa shape index (κ2) is 58.9. The number of carbonyl (C=O) groups is 4. The number of amides is 4. The molecule has 1 aliphatic heterocycles. The number of benzene rings is 4. The van der Waals surface area contributed by atoms with E-state index in [-0.39, 0.29) is 100 Å². The minimum absolute atomic E-state index is 0.0912. The van der Waals surface area contributed by atoms with Gasteiger partial charge in [0.05, 0.1) is 50.8 Å². The van der Waals surface area contributed by atoms with Crippen LogP contribution >= 0.6 is 0 Å². The maximum absolute atomic E-state index is 15.9. The molecule has 16 nitrogen and oxygen atoms in total. The van der Waals surface area contributed by atoms with E-state index >= 15 is 19.2 Å². The summed E-state index contributed by atoms with van der Waals surface area (Å²) in [6.45, 7) is 28.9. The summed E-state index contributed by atoms with van der Waals surface area (Å²) in [6, 6.07) is 22.0.